The molecular formula is C41H50. The third-order valence-electron chi connectivity index (χ3n) is 15.4. The first-order valence-electron chi connectivity index (χ1n) is 16.2. The van der Waals surface area contributed by atoms with Crippen molar-refractivity contribution < 1.29 is 0 Å². The van der Waals surface area contributed by atoms with Crippen LogP contribution in [-0.2, 0) is 0 Å². The van der Waals surface area contributed by atoms with E-state index < -0.39 is 0 Å². The summed E-state index contributed by atoms with van der Waals surface area (Å²) in [5.41, 5.74) is 29.6. The van der Waals surface area contributed by atoms with E-state index in [1.54, 1.807) is 89.2 Å². The monoisotopic (exact) mass is 542 g/mol. The van der Waals surface area contributed by atoms with Crippen LogP contribution in [0.3, 0.4) is 0 Å². The Bertz CT molecular complexity index is 1820. The van der Waals surface area contributed by atoms with Gasteiger partial charge in [0.25, 0.3) is 0 Å². The summed E-state index contributed by atoms with van der Waals surface area (Å²) in [4.78, 5) is 0. The summed E-state index contributed by atoms with van der Waals surface area (Å²) in [6.07, 6.45) is 0. The van der Waals surface area contributed by atoms with Crippen LogP contribution in [0.2, 0.25) is 0 Å². The van der Waals surface area contributed by atoms with Gasteiger partial charge in [-0.15, -0.1) is 0 Å². The van der Waals surface area contributed by atoms with Gasteiger partial charge in [-0.05, 0) is 166 Å². The second-order valence-corrected chi connectivity index (χ2v) is 17.1. The summed E-state index contributed by atoms with van der Waals surface area (Å²) in [7, 11) is 0. The Morgan fingerprint density at radius 2 is 0.805 bits per heavy atom. The molecule has 3 atom stereocenters. The van der Waals surface area contributed by atoms with Gasteiger partial charge >= 0.3 is 0 Å². The van der Waals surface area contributed by atoms with Crippen LogP contribution in [0.5, 0.6) is 0 Å². The van der Waals surface area contributed by atoms with Crippen LogP contribution in [0.15, 0.2) is 100 Å². The Morgan fingerprint density at radius 3 is 1.37 bits per heavy atom. The van der Waals surface area contributed by atoms with E-state index in [1.807, 2.05) is 0 Å². The number of rotatable bonds is 0. The second kappa shape index (κ2) is 6.59. The molecule has 0 nitrogen and oxygen atoms in total. The summed E-state index contributed by atoms with van der Waals surface area (Å²) < 4.78 is 0. The lowest BCUT2D eigenvalue weighted by Crippen LogP contribution is -2.52. The van der Waals surface area contributed by atoms with Crippen LogP contribution in [0.1, 0.15) is 111 Å². The van der Waals surface area contributed by atoms with E-state index in [4.69, 9.17) is 0 Å². The first-order chi connectivity index (χ1) is 18.8. The van der Waals surface area contributed by atoms with Crippen LogP contribution in [0, 0.1) is 38.9 Å². The van der Waals surface area contributed by atoms with Crippen LogP contribution in [0.25, 0.3) is 0 Å². The highest BCUT2D eigenvalue weighted by Gasteiger charge is 2.76. The van der Waals surface area contributed by atoms with Gasteiger partial charge in [0.1, 0.15) is 0 Å². The van der Waals surface area contributed by atoms with E-state index in [0.717, 1.165) is 0 Å². The molecule has 0 aromatic heterocycles. The highest BCUT2D eigenvalue weighted by Crippen LogP contribution is 2.85. The van der Waals surface area contributed by atoms with Gasteiger partial charge in [0.2, 0.25) is 0 Å². The average molecular weight is 543 g/mol. The van der Waals surface area contributed by atoms with Gasteiger partial charge < -0.3 is 0 Å². The average Bonchev–Trinajstić information content (AvgIpc) is 3.40. The van der Waals surface area contributed by atoms with Gasteiger partial charge in [-0.1, -0.05) is 66.5 Å². The first kappa shape index (κ1) is 26.3. The van der Waals surface area contributed by atoms with Gasteiger partial charge in [0.15, 0.2) is 0 Å². The van der Waals surface area contributed by atoms with Crippen LogP contribution in [-0.4, -0.2) is 0 Å². The van der Waals surface area contributed by atoms with Crippen LogP contribution in [0.4, 0.5) is 0 Å². The Kier molecular flexibility index (Phi) is 4.23. The van der Waals surface area contributed by atoms with Crippen molar-refractivity contribution in [1.82, 2.24) is 0 Å². The Morgan fingerprint density at radius 1 is 0.341 bits per heavy atom. The van der Waals surface area contributed by atoms with E-state index in [1.165, 1.54) is 11.1 Å². The van der Waals surface area contributed by atoms with E-state index in [2.05, 4.69) is 111 Å². The third-order valence-corrected chi connectivity index (χ3v) is 15.4. The quantitative estimate of drug-likeness (QED) is 0.285. The van der Waals surface area contributed by atoms with Gasteiger partial charge in [-0.25, -0.2) is 0 Å². The fourth-order valence-electron chi connectivity index (χ4n) is 12.5. The van der Waals surface area contributed by atoms with Crippen molar-refractivity contribution in [2.45, 2.75) is 111 Å². The molecular weight excluding hydrogens is 492 g/mol. The number of allylic oxidation sites excluding steroid dienone is 18. The standard InChI is InChI=1S/C41H50/c1-17-19(3)27-22(6)29-35-31(39(13,14)37(29,9)10)24(8)32-36-30(38(11,12)40(32,15)16)23(7)28-20(4)18(2)26-21(5)25(17)33(27)41(35,36)34(26)28/h33,36H,1-16H3/t33-,36+,41-/m0/s1. The maximum absolute atomic E-state index is 2.59. The molecule has 41 heavy (non-hydrogen) atoms. The van der Waals surface area contributed by atoms with Gasteiger partial charge in [-0.3, -0.25) is 0 Å². The lowest BCUT2D eigenvalue weighted by atomic mass is 9.41. The third kappa shape index (κ3) is 2.08. The highest BCUT2D eigenvalue weighted by molar-refractivity contribution is 5.89. The fraction of sp³-hybridized carbons (Fsp3) is 0.561. The molecule has 0 aromatic carbocycles. The van der Waals surface area contributed by atoms with E-state index in [0.29, 0.717) is 11.8 Å². The molecule has 0 amide bonds. The molecule has 0 heterocycles. The molecule has 0 heteroatoms. The zero-order chi connectivity index (χ0) is 30.0. The molecule has 0 unspecified atom stereocenters. The molecule has 0 bridgehead atoms. The molecule has 0 aliphatic heterocycles. The molecule has 1 fully saturated rings. The minimum atomic E-state index is -0.0587. The summed E-state index contributed by atoms with van der Waals surface area (Å²) >= 11 is 0. The summed E-state index contributed by atoms with van der Waals surface area (Å²) in [5.74, 6) is 0.836. The van der Waals surface area contributed by atoms with Crippen molar-refractivity contribution in [3.63, 3.8) is 0 Å². The van der Waals surface area contributed by atoms with Gasteiger partial charge in [0.05, 0.1) is 0 Å². The van der Waals surface area contributed by atoms with Crippen LogP contribution >= 0.6 is 0 Å². The Hall–Kier alpha value is -2.34. The SMILES string of the molecule is CC1=C(C)C2=C3C1=C(C)C1=C(C)C(C)=C4C(C)=C5C6=C(C(C)=C7[C@@H](C(=C2C)C(C)(C)C7(C)C)[C@@]36[C@@H]14)C(C)(C)C5(C)C. The van der Waals surface area contributed by atoms with Gasteiger partial charge in [-0.2, -0.15) is 0 Å². The highest BCUT2D eigenvalue weighted by atomic mass is 14.8. The largest absolute Gasteiger partial charge is 0.0553 e. The Labute approximate surface area is 249 Å². The first-order valence-corrected chi connectivity index (χ1v) is 16.2. The van der Waals surface area contributed by atoms with E-state index >= 15 is 0 Å². The molecule has 8 rings (SSSR count). The topological polar surface area (TPSA) is 0 Å². The normalized spacial score (nSPS) is 36.3. The predicted molar refractivity (Wildman–Crippen MR) is 173 cm³/mol. The summed E-state index contributed by atoms with van der Waals surface area (Å²) in [6.45, 7) is 40.4. The Balaban J connectivity index is 1.73. The zero-order valence-electron chi connectivity index (χ0n) is 28.7. The minimum Gasteiger partial charge on any atom is -0.0553 e. The fourth-order valence-corrected chi connectivity index (χ4v) is 12.5. The van der Waals surface area contributed by atoms with E-state index in [9.17, 15) is 0 Å². The van der Waals surface area contributed by atoms with Crippen molar-refractivity contribution in [2.24, 2.45) is 38.9 Å². The van der Waals surface area contributed by atoms with Crippen molar-refractivity contribution in [2.75, 3.05) is 0 Å². The summed E-state index contributed by atoms with van der Waals surface area (Å²) in [5, 5.41) is 0. The molecule has 0 radical (unpaired) electrons. The smallest absolute Gasteiger partial charge is 0.0433 e. The lowest BCUT2D eigenvalue weighted by Gasteiger charge is -2.60. The molecule has 0 saturated heterocycles. The van der Waals surface area contributed by atoms with E-state index in [-0.39, 0.29) is 27.1 Å². The van der Waals surface area contributed by atoms with Crippen molar-refractivity contribution in [3.05, 3.63) is 100 Å². The summed E-state index contributed by atoms with van der Waals surface area (Å²) in [6, 6.07) is 0. The van der Waals surface area contributed by atoms with Crippen molar-refractivity contribution in [1.29, 1.82) is 0 Å². The van der Waals surface area contributed by atoms with Crippen LogP contribution < -0.4 is 0 Å². The predicted octanol–water partition coefficient (Wildman–Crippen LogP) is 11.2. The number of hydrogen-bond acceptors (Lipinski definition) is 0. The molecule has 0 N–H and O–H groups in total. The lowest BCUT2D eigenvalue weighted by molar-refractivity contribution is 0.215. The second-order valence-electron chi connectivity index (χ2n) is 17.1. The molecule has 214 valence electrons. The molecule has 8 aliphatic carbocycles. The molecule has 1 spiro atoms. The van der Waals surface area contributed by atoms with Crippen molar-refractivity contribution in [3.8, 4) is 0 Å². The maximum atomic E-state index is 2.59. The number of hydrogen-bond donors (Lipinski definition) is 0. The minimum absolute atomic E-state index is 0.0498. The maximum Gasteiger partial charge on any atom is 0.0433 e. The molecule has 0 aromatic rings. The molecule has 1 saturated carbocycles. The zero-order valence-corrected chi connectivity index (χ0v) is 28.7. The molecule has 8 aliphatic rings. The van der Waals surface area contributed by atoms with Gasteiger partial charge in [0, 0.05) is 17.3 Å². The van der Waals surface area contributed by atoms with Crippen molar-refractivity contribution >= 4 is 0 Å².